The van der Waals surface area contributed by atoms with Crippen LogP contribution in [0.25, 0.3) is 0 Å². The van der Waals surface area contributed by atoms with Crippen LogP contribution in [0.1, 0.15) is 9.75 Å². The van der Waals surface area contributed by atoms with Crippen molar-refractivity contribution in [3.05, 3.63) is 58.6 Å². The van der Waals surface area contributed by atoms with Gasteiger partial charge in [0.25, 0.3) is 0 Å². The maximum absolute atomic E-state index is 3.70. The molecule has 0 aliphatic carbocycles. The van der Waals surface area contributed by atoms with Crippen molar-refractivity contribution in [1.29, 1.82) is 0 Å². The Morgan fingerprint density at radius 2 is 0.818 bits per heavy atom. The predicted octanol–water partition coefficient (Wildman–Crippen LogP) is 3.84. The zero-order chi connectivity index (χ0) is 8.81. The van der Waals surface area contributed by atoms with Crippen molar-refractivity contribution < 1.29 is 221 Å². The Balaban J connectivity index is -0.0000000112. The minimum Gasteiger partial charge on any atom is -0.228 e. The Kier molecular flexibility index (Phi) is 131. The van der Waals surface area contributed by atoms with E-state index in [0.29, 0.717) is 0 Å². The minimum atomic E-state index is 0. The molecule has 0 atom stereocenters. The molecule has 0 fully saturated rings. The Hall–Kier alpha value is 6.33. The molecule has 0 saturated carbocycles. The van der Waals surface area contributed by atoms with E-state index < -0.39 is 0 Å². The molecular weight excluding hydrogens is 1170 g/mol. The molecule has 0 saturated heterocycles. The number of rotatable bonds is 0. The first kappa shape index (κ1) is 63.0. The van der Waals surface area contributed by atoms with E-state index in [0.717, 1.165) is 9.75 Å². The summed E-state index contributed by atoms with van der Waals surface area (Å²) in [5, 5.41) is 4.03. The van der Waals surface area contributed by atoms with Crippen molar-refractivity contribution in [1.82, 2.24) is 0 Å². The fourth-order valence-electron chi connectivity index (χ4n) is 0.625. The normalized spacial score (nSPS) is 4.73. The van der Waals surface area contributed by atoms with E-state index in [1.54, 1.807) is 22.7 Å². The van der Waals surface area contributed by atoms with Crippen molar-refractivity contribution in [3.8, 4) is 0 Å². The molecule has 0 spiro atoms. The first-order chi connectivity index (χ1) is 5.79. The summed E-state index contributed by atoms with van der Waals surface area (Å²) in [6.07, 6.45) is 0. The van der Waals surface area contributed by atoms with Gasteiger partial charge in [-0.2, -0.15) is 34.8 Å². The third kappa shape index (κ3) is 40.9. The van der Waals surface area contributed by atoms with Crippen LogP contribution < -0.4 is 0 Å². The molecule has 113 valence electrons. The predicted molar refractivity (Wildman–Crippen MR) is 57.6 cm³/mol. The quantitative estimate of drug-likeness (QED) is 0.353. The average Bonchev–Trinajstić information content (AvgIpc) is 2.63. The van der Waals surface area contributed by atoms with Gasteiger partial charge in [-0.3, -0.25) is 0 Å². The maximum Gasteiger partial charge on any atom is 0 e. The van der Waals surface area contributed by atoms with Crippen molar-refractivity contribution in [2.24, 2.45) is 0 Å². The minimum absolute atomic E-state index is 0. The SMILES string of the molecule is [CH2-]c1cccs1.[CH2-]c1cccs1.[V].[V].[V].[V].[V].[W].[W].[W].[Y].[Y]. The number of hydrogen-bond acceptors (Lipinski definition) is 2. The second-order valence-corrected chi connectivity index (χ2v) is 4.22. The molecule has 0 unspecified atom stereocenters. The van der Waals surface area contributed by atoms with Crippen molar-refractivity contribution in [2.45, 2.75) is 0 Å². The van der Waals surface area contributed by atoms with E-state index in [4.69, 9.17) is 0 Å². The number of thiophene rings is 2. The van der Waals surface area contributed by atoms with Gasteiger partial charge in [-0.1, -0.05) is 0 Å². The van der Waals surface area contributed by atoms with Gasteiger partial charge in [0.05, 0.1) is 0 Å². The first-order valence-corrected chi connectivity index (χ1v) is 5.26. The fraction of sp³-hybridized carbons (Fsp3) is 0. The second-order valence-electron chi connectivity index (χ2n) is 2.16. The van der Waals surface area contributed by atoms with Crippen molar-refractivity contribution in [3.63, 3.8) is 0 Å². The Morgan fingerprint density at radius 3 is 0.864 bits per heavy atom. The Labute approximate surface area is 295 Å². The average molecular weight is 1180 g/mol. The summed E-state index contributed by atoms with van der Waals surface area (Å²) >= 11 is 3.33. The largest absolute Gasteiger partial charge is 0.228 e. The molecule has 7 radical (unpaired) electrons. The van der Waals surface area contributed by atoms with Gasteiger partial charge in [-0.05, 0) is 10.8 Å². The molecule has 0 aliphatic heterocycles. The molecule has 0 aromatic carbocycles. The van der Waals surface area contributed by atoms with E-state index in [1.165, 1.54) is 0 Å². The summed E-state index contributed by atoms with van der Waals surface area (Å²) < 4.78 is 0. The summed E-state index contributed by atoms with van der Waals surface area (Å²) in [6, 6.07) is 7.97. The fourth-order valence-corrected chi connectivity index (χ4v) is 1.60. The molecule has 12 heteroatoms. The van der Waals surface area contributed by atoms with Crippen LogP contribution in [-0.2, 0) is 221 Å². The molecule has 0 N–H and O–H groups in total. The summed E-state index contributed by atoms with van der Waals surface area (Å²) in [5.41, 5.74) is 0. The van der Waals surface area contributed by atoms with Crippen LogP contribution >= 0.6 is 22.7 Å². The van der Waals surface area contributed by atoms with Gasteiger partial charge >= 0.3 is 0 Å². The molecular formula is C10H10S2V5W3Y2-2. The smallest absolute Gasteiger partial charge is 0 e. The Morgan fingerprint density at radius 1 is 0.591 bits per heavy atom. The molecule has 2 aromatic heterocycles. The van der Waals surface area contributed by atoms with Crippen molar-refractivity contribution >= 4 is 22.7 Å². The molecule has 0 aliphatic rings. The van der Waals surface area contributed by atoms with Crippen LogP contribution in [-0.4, -0.2) is 0 Å². The maximum atomic E-state index is 3.70. The van der Waals surface area contributed by atoms with E-state index in [1.807, 2.05) is 35.0 Å². The van der Waals surface area contributed by atoms with E-state index in [2.05, 4.69) is 13.8 Å². The second kappa shape index (κ2) is 45.8. The Bertz CT molecular complexity index is 284. The number of hydrogen-bond donors (Lipinski definition) is 0. The zero-order valence-electron chi connectivity index (χ0n) is 11.3. The zero-order valence-corrected chi connectivity index (χ0v) is 34.4. The molecule has 0 bridgehead atoms. The van der Waals surface area contributed by atoms with E-state index >= 15 is 0 Å². The van der Waals surface area contributed by atoms with Crippen LogP contribution in [0.2, 0.25) is 0 Å². The summed E-state index contributed by atoms with van der Waals surface area (Å²) in [5.74, 6) is 0. The standard InChI is InChI=1S/2C5H5S.5V.3W.2Y/c2*1-5-3-2-4-6-5;;;;;;;;;;/h2*2-4H,1H2;;;;;;;;;;/q2*-1;;;;;;;;;;. The van der Waals surface area contributed by atoms with Crippen molar-refractivity contribution in [2.75, 3.05) is 0 Å². The molecule has 0 nitrogen and oxygen atoms in total. The molecule has 2 heterocycles. The third-order valence-corrected chi connectivity index (χ3v) is 2.62. The summed E-state index contributed by atoms with van der Waals surface area (Å²) in [4.78, 5) is 2.27. The topological polar surface area (TPSA) is 0 Å². The van der Waals surface area contributed by atoms with Gasteiger partial charge in [0.1, 0.15) is 0 Å². The van der Waals surface area contributed by atoms with Gasteiger partial charge in [-0.25, -0.2) is 13.8 Å². The summed E-state index contributed by atoms with van der Waals surface area (Å²) in [6.45, 7) is 7.40. The molecule has 0 amide bonds. The van der Waals surface area contributed by atoms with Gasteiger partial charge < -0.3 is 0 Å². The van der Waals surface area contributed by atoms with Gasteiger partial charge in [0.2, 0.25) is 0 Å². The van der Waals surface area contributed by atoms with Gasteiger partial charge in [-0.15, -0.1) is 21.9 Å². The van der Waals surface area contributed by atoms with E-state index in [9.17, 15) is 0 Å². The van der Waals surface area contributed by atoms with Crippen LogP contribution in [0.3, 0.4) is 0 Å². The van der Waals surface area contributed by atoms with Crippen LogP contribution in [0.5, 0.6) is 0 Å². The van der Waals surface area contributed by atoms with Crippen LogP contribution in [0.4, 0.5) is 0 Å². The van der Waals surface area contributed by atoms with Crippen LogP contribution in [0.15, 0.2) is 35.0 Å². The summed E-state index contributed by atoms with van der Waals surface area (Å²) in [7, 11) is 0. The van der Waals surface area contributed by atoms with Gasteiger partial charge in [0.15, 0.2) is 0 Å². The third-order valence-electron chi connectivity index (χ3n) is 1.16. The monoisotopic (exact) mass is 1180 g/mol. The molecule has 2 aromatic rings. The first-order valence-electron chi connectivity index (χ1n) is 3.50. The van der Waals surface area contributed by atoms with Crippen LogP contribution in [0, 0.1) is 13.8 Å². The van der Waals surface area contributed by atoms with E-state index in [-0.39, 0.29) is 221 Å². The molecule has 22 heavy (non-hydrogen) atoms. The van der Waals surface area contributed by atoms with Gasteiger partial charge in [0, 0.05) is 221 Å². The molecule has 2 rings (SSSR count).